The second kappa shape index (κ2) is 10.5. The number of hydrogen-bond acceptors (Lipinski definition) is 7. The van der Waals surface area contributed by atoms with E-state index in [4.69, 9.17) is 31.5 Å². The van der Waals surface area contributed by atoms with E-state index in [1.807, 2.05) is 54.6 Å². The first-order valence-electron chi connectivity index (χ1n) is 10.8. The molecule has 0 aromatic heterocycles. The number of nitrogen functional groups attached to an aromatic ring is 1. The molecule has 3 aromatic rings. The van der Waals surface area contributed by atoms with E-state index < -0.39 is 18.5 Å². The van der Waals surface area contributed by atoms with Crippen LogP contribution >= 0.6 is 11.6 Å². The van der Waals surface area contributed by atoms with Gasteiger partial charge in [0.25, 0.3) is 5.91 Å². The molecular weight excluding hydrogens is 470 g/mol. The van der Waals surface area contributed by atoms with Crippen LogP contribution < -0.4 is 15.2 Å². The third-order valence-corrected chi connectivity index (χ3v) is 5.97. The summed E-state index contributed by atoms with van der Waals surface area (Å²) in [5.74, 6) is -0.319. The van der Waals surface area contributed by atoms with Crippen LogP contribution in [0.15, 0.2) is 71.8 Å². The van der Waals surface area contributed by atoms with E-state index in [0.717, 1.165) is 16.8 Å². The summed E-state index contributed by atoms with van der Waals surface area (Å²) in [6, 6.07) is 19.5. The summed E-state index contributed by atoms with van der Waals surface area (Å²) in [7, 11) is 2.99. The number of benzene rings is 3. The van der Waals surface area contributed by atoms with Gasteiger partial charge in [-0.25, -0.2) is 9.80 Å². The number of rotatable bonds is 7. The van der Waals surface area contributed by atoms with E-state index in [1.54, 1.807) is 7.11 Å². The highest BCUT2D eigenvalue weighted by molar-refractivity contribution is 6.33. The van der Waals surface area contributed by atoms with Crippen molar-refractivity contribution < 1.29 is 23.8 Å². The largest absolute Gasteiger partial charge is 0.497 e. The molecule has 0 fully saturated rings. The van der Waals surface area contributed by atoms with Crippen LogP contribution in [0, 0.1) is 0 Å². The predicted octanol–water partition coefficient (Wildman–Crippen LogP) is 4.47. The SMILES string of the molecule is COc1ccc([C@@H]2CC(c3ccccc3)=NN2C(=O)COC(=O)c2cc(Cl)c(N)cc2OC)cc1. The number of carbonyl (C=O) groups is 2. The van der Waals surface area contributed by atoms with Gasteiger partial charge in [0.1, 0.15) is 17.1 Å². The zero-order valence-corrected chi connectivity index (χ0v) is 20.0. The standard InChI is InChI=1S/C26H24ClN3O5/c1-33-18-10-8-17(9-11-18)23-14-22(16-6-4-3-5-7-16)29-30(23)25(31)15-35-26(32)19-12-20(27)21(28)13-24(19)34-2/h3-13,23H,14-15,28H2,1-2H3/t23-/m0/s1. The lowest BCUT2D eigenvalue weighted by atomic mass is 9.98. The Morgan fingerprint density at radius 1 is 1.06 bits per heavy atom. The third kappa shape index (κ3) is 5.22. The van der Waals surface area contributed by atoms with Gasteiger partial charge in [-0.05, 0) is 29.3 Å². The fourth-order valence-corrected chi connectivity index (χ4v) is 3.96. The lowest BCUT2D eigenvalue weighted by molar-refractivity contribution is -0.136. The summed E-state index contributed by atoms with van der Waals surface area (Å²) < 4.78 is 15.7. The van der Waals surface area contributed by atoms with Crippen LogP contribution in [-0.4, -0.2) is 43.4 Å². The lowest BCUT2D eigenvalue weighted by Gasteiger charge is -2.22. The molecule has 1 heterocycles. The minimum atomic E-state index is -0.760. The summed E-state index contributed by atoms with van der Waals surface area (Å²) in [6.07, 6.45) is 0.511. The number of nitrogens with zero attached hydrogens (tertiary/aromatic N) is 2. The molecule has 3 aromatic carbocycles. The van der Waals surface area contributed by atoms with Crippen molar-refractivity contribution in [1.82, 2.24) is 5.01 Å². The van der Waals surface area contributed by atoms with E-state index in [2.05, 4.69) is 5.10 Å². The molecule has 4 rings (SSSR count). The molecule has 0 bridgehead atoms. The van der Waals surface area contributed by atoms with Crippen molar-refractivity contribution in [3.05, 3.63) is 88.4 Å². The first-order valence-corrected chi connectivity index (χ1v) is 11.2. The fourth-order valence-electron chi connectivity index (χ4n) is 3.80. The second-order valence-electron chi connectivity index (χ2n) is 7.79. The number of amides is 1. The van der Waals surface area contributed by atoms with Crippen molar-refractivity contribution in [3.63, 3.8) is 0 Å². The Morgan fingerprint density at radius 3 is 2.43 bits per heavy atom. The average Bonchev–Trinajstić information content (AvgIpc) is 3.34. The number of halogens is 1. The van der Waals surface area contributed by atoms with Crippen LogP contribution in [0.1, 0.15) is 33.9 Å². The van der Waals surface area contributed by atoms with Crippen LogP contribution in [0.4, 0.5) is 5.69 Å². The number of hydrazone groups is 1. The predicted molar refractivity (Wildman–Crippen MR) is 133 cm³/mol. The molecule has 0 unspecified atom stereocenters. The van der Waals surface area contributed by atoms with E-state index >= 15 is 0 Å². The number of hydrogen-bond donors (Lipinski definition) is 1. The molecule has 2 N–H and O–H groups in total. The van der Waals surface area contributed by atoms with Gasteiger partial charge in [0.15, 0.2) is 6.61 Å². The third-order valence-electron chi connectivity index (χ3n) is 5.64. The summed E-state index contributed by atoms with van der Waals surface area (Å²) in [5, 5.41) is 6.13. The van der Waals surface area contributed by atoms with Gasteiger partial charge >= 0.3 is 5.97 Å². The quantitative estimate of drug-likeness (QED) is 0.384. The van der Waals surface area contributed by atoms with Crippen LogP contribution in [0.5, 0.6) is 11.5 Å². The van der Waals surface area contributed by atoms with Gasteiger partial charge in [-0.2, -0.15) is 5.10 Å². The first-order chi connectivity index (χ1) is 16.9. The highest BCUT2D eigenvalue weighted by atomic mass is 35.5. The Hall–Kier alpha value is -4.04. The van der Waals surface area contributed by atoms with E-state index in [-0.39, 0.29) is 28.1 Å². The smallest absolute Gasteiger partial charge is 0.342 e. The highest BCUT2D eigenvalue weighted by Crippen LogP contribution is 2.34. The van der Waals surface area contributed by atoms with E-state index in [9.17, 15) is 9.59 Å². The Balaban J connectivity index is 1.55. The molecule has 1 aliphatic heterocycles. The molecular formula is C26H24ClN3O5. The van der Waals surface area contributed by atoms with Gasteiger partial charge in [0.05, 0.1) is 36.7 Å². The fraction of sp³-hybridized carbons (Fsp3) is 0.192. The molecule has 0 radical (unpaired) electrons. The maximum atomic E-state index is 13.2. The van der Waals surface area contributed by atoms with Crippen LogP contribution in [0.2, 0.25) is 5.02 Å². The minimum Gasteiger partial charge on any atom is -0.497 e. The van der Waals surface area contributed by atoms with Crippen molar-refractivity contribution in [2.75, 3.05) is 26.6 Å². The molecule has 0 spiro atoms. The van der Waals surface area contributed by atoms with Gasteiger partial charge in [-0.1, -0.05) is 54.1 Å². The molecule has 0 saturated heterocycles. The number of ether oxygens (including phenoxy) is 3. The van der Waals surface area contributed by atoms with Crippen molar-refractivity contribution in [2.24, 2.45) is 5.10 Å². The zero-order chi connectivity index (χ0) is 24.9. The van der Waals surface area contributed by atoms with Crippen LogP contribution in [-0.2, 0) is 9.53 Å². The van der Waals surface area contributed by atoms with Gasteiger partial charge in [-0.15, -0.1) is 0 Å². The van der Waals surface area contributed by atoms with Gasteiger partial charge < -0.3 is 19.9 Å². The zero-order valence-electron chi connectivity index (χ0n) is 19.2. The Kier molecular flexibility index (Phi) is 7.22. The van der Waals surface area contributed by atoms with Gasteiger partial charge in [0.2, 0.25) is 0 Å². The normalized spacial score (nSPS) is 14.9. The summed E-state index contributed by atoms with van der Waals surface area (Å²) in [5.41, 5.74) is 8.67. The average molecular weight is 494 g/mol. The number of anilines is 1. The minimum absolute atomic E-state index is 0.0705. The van der Waals surface area contributed by atoms with Crippen molar-refractivity contribution >= 4 is 34.9 Å². The Morgan fingerprint density at radius 2 is 1.77 bits per heavy atom. The molecule has 0 saturated carbocycles. The topological polar surface area (TPSA) is 103 Å². The molecule has 0 aliphatic carbocycles. The molecule has 1 atom stereocenters. The number of methoxy groups -OCH3 is 2. The van der Waals surface area contributed by atoms with Crippen molar-refractivity contribution in [3.8, 4) is 11.5 Å². The van der Waals surface area contributed by atoms with Gasteiger partial charge in [-0.3, -0.25) is 4.79 Å². The lowest BCUT2D eigenvalue weighted by Crippen LogP contribution is -2.31. The number of carbonyl (C=O) groups excluding carboxylic acids is 2. The highest BCUT2D eigenvalue weighted by Gasteiger charge is 2.33. The van der Waals surface area contributed by atoms with Crippen molar-refractivity contribution in [1.29, 1.82) is 0 Å². The molecule has 180 valence electrons. The number of nitrogens with two attached hydrogens (primary N) is 1. The Labute approximate surface area is 207 Å². The molecule has 35 heavy (non-hydrogen) atoms. The van der Waals surface area contributed by atoms with E-state index in [0.29, 0.717) is 12.2 Å². The molecule has 1 amide bonds. The van der Waals surface area contributed by atoms with Crippen LogP contribution in [0.3, 0.4) is 0 Å². The number of esters is 1. The first kappa shape index (κ1) is 24.1. The van der Waals surface area contributed by atoms with E-state index in [1.165, 1.54) is 24.3 Å². The maximum Gasteiger partial charge on any atom is 0.342 e. The maximum absolute atomic E-state index is 13.2. The van der Waals surface area contributed by atoms with Crippen molar-refractivity contribution in [2.45, 2.75) is 12.5 Å². The molecule has 1 aliphatic rings. The van der Waals surface area contributed by atoms with Crippen LogP contribution in [0.25, 0.3) is 0 Å². The second-order valence-corrected chi connectivity index (χ2v) is 8.20. The molecule has 8 nitrogen and oxygen atoms in total. The summed E-state index contributed by atoms with van der Waals surface area (Å²) >= 11 is 6.05. The molecule has 9 heteroatoms. The Bertz CT molecular complexity index is 1260. The monoisotopic (exact) mass is 493 g/mol. The summed E-state index contributed by atoms with van der Waals surface area (Å²) in [4.78, 5) is 25.9. The summed E-state index contributed by atoms with van der Waals surface area (Å²) in [6.45, 7) is -0.512. The van der Waals surface area contributed by atoms with Gasteiger partial charge in [0, 0.05) is 12.5 Å².